The number of carbonyl (C=O) groups is 1. The summed E-state index contributed by atoms with van der Waals surface area (Å²) in [4.78, 5) is 13.8. The highest BCUT2D eigenvalue weighted by Gasteiger charge is 2.26. The SMILES string of the molecule is C#Cc1cccc(CC(C)(N)c2ccc3c(c2)NC(=O)N(CC)C3)c1. The number of anilines is 1. The molecule has 0 fully saturated rings. The zero-order chi connectivity index (χ0) is 18.0. The second-order valence-corrected chi connectivity index (χ2v) is 6.76. The Morgan fingerprint density at radius 2 is 2.12 bits per heavy atom. The zero-order valence-electron chi connectivity index (χ0n) is 14.7. The van der Waals surface area contributed by atoms with Crippen LogP contribution < -0.4 is 11.1 Å². The number of amides is 2. The first-order valence-electron chi connectivity index (χ1n) is 8.46. The van der Waals surface area contributed by atoms with Gasteiger partial charge in [-0.2, -0.15) is 0 Å². The number of nitrogens with one attached hydrogen (secondary N) is 1. The Balaban J connectivity index is 1.87. The summed E-state index contributed by atoms with van der Waals surface area (Å²) < 4.78 is 0. The maximum Gasteiger partial charge on any atom is 0.322 e. The van der Waals surface area contributed by atoms with Gasteiger partial charge in [-0.15, -0.1) is 6.42 Å². The third kappa shape index (κ3) is 3.52. The van der Waals surface area contributed by atoms with E-state index in [1.165, 1.54) is 0 Å². The van der Waals surface area contributed by atoms with Crippen molar-refractivity contribution in [1.82, 2.24) is 4.90 Å². The number of terminal acetylenes is 1. The molecule has 1 aliphatic heterocycles. The van der Waals surface area contributed by atoms with Gasteiger partial charge in [-0.05, 0) is 55.2 Å². The average Bonchev–Trinajstić information content (AvgIpc) is 2.60. The topological polar surface area (TPSA) is 58.4 Å². The highest BCUT2D eigenvalue weighted by molar-refractivity contribution is 5.92. The molecule has 0 saturated heterocycles. The number of carbonyl (C=O) groups excluding carboxylic acids is 1. The summed E-state index contributed by atoms with van der Waals surface area (Å²) in [6.45, 7) is 5.29. The van der Waals surface area contributed by atoms with Crippen molar-refractivity contribution in [3.05, 3.63) is 64.7 Å². The second-order valence-electron chi connectivity index (χ2n) is 6.76. The predicted octanol–water partition coefficient (Wildman–Crippen LogP) is 3.45. The minimum Gasteiger partial charge on any atom is -0.321 e. The predicted molar refractivity (Wildman–Crippen MR) is 101 cm³/mol. The van der Waals surface area contributed by atoms with Crippen molar-refractivity contribution in [2.45, 2.75) is 32.4 Å². The largest absolute Gasteiger partial charge is 0.322 e. The lowest BCUT2D eigenvalue weighted by Crippen LogP contribution is -2.39. The molecule has 2 amide bonds. The third-order valence-corrected chi connectivity index (χ3v) is 4.71. The minimum absolute atomic E-state index is 0.0624. The molecule has 3 rings (SSSR count). The quantitative estimate of drug-likeness (QED) is 0.842. The molecule has 0 spiro atoms. The molecule has 0 aromatic heterocycles. The van der Waals surface area contributed by atoms with Gasteiger partial charge in [0.15, 0.2) is 0 Å². The van der Waals surface area contributed by atoms with Crippen molar-refractivity contribution in [2.75, 3.05) is 11.9 Å². The number of hydrogen-bond acceptors (Lipinski definition) is 2. The Hall–Kier alpha value is -2.77. The Morgan fingerprint density at radius 1 is 1.32 bits per heavy atom. The zero-order valence-corrected chi connectivity index (χ0v) is 14.7. The highest BCUT2D eigenvalue weighted by Crippen LogP contribution is 2.30. The van der Waals surface area contributed by atoms with Gasteiger partial charge < -0.3 is 16.0 Å². The molecule has 25 heavy (non-hydrogen) atoms. The van der Waals surface area contributed by atoms with Crippen LogP contribution in [0, 0.1) is 12.3 Å². The molecule has 1 aliphatic rings. The van der Waals surface area contributed by atoms with Crippen molar-refractivity contribution in [3.8, 4) is 12.3 Å². The maximum absolute atomic E-state index is 12.1. The van der Waals surface area contributed by atoms with Gasteiger partial charge in [-0.3, -0.25) is 0 Å². The van der Waals surface area contributed by atoms with E-state index in [1.807, 2.05) is 44.2 Å². The lowest BCUT2D eigenvalue weighted by molar-refractivity contribution is 0.210. The summed E-state index contributed by atoms with van der Waals surface area (Å²) in [5.41, 5.74) is 10.9. The van der Waals surface area contributed by atoms with Crippen molar-refractivity contribution < 1.29 is 4.79 Å². The molecule has 4 heteroatoms. The summed E-state index contributed by atoms with van der Waals surface area (Å²) in [6, 6.07) is 13.9. The molecule has 4 nitrogen and oxygen atoms in total. The minimum atomic E-state index is -0.561. The van der Waals surface area contributed by atoms with Gasteiger partial charge in [0, 0.05) is 29.9 Å². The van der Waals surface area contributed by atoms with E-state index in [4.69, 9.17) is 12.2 Å². The molecule has 3 N–H and O–H groups in total. The summed E-state index contributed by atoms with van der Waals surface area (Å²) in [7, 11) is 0. The Bertz CT molecular complexity index is 848. The van der Waals surface area contributed by atoms with E-state index in [1.54, 1.807) is 4.90 Å². The number of fused-ring (bicyclic) bond motifs is 1. The van der Waals surface area contributed by atoms with Gasteiger partial charge >= 0.3 is 6.03 Å². The van der Waals surface area contributed by atoms with Gasteiger partial charge in [0.05, 0.1) is 0 Å². The van der Waals surface area contributed by atoms with Crippen LogP contribution in [0.3, 0.4) is 0 Å². The molecule has 2 aromatic carbocycles. The number of rotatable bonds is 4. The van der Waals surface area contributed by atoms with Crippen LogP contribution in [0.15, 0.2) is 42.5 Å². The molecule has 1 unspecified atom stereocenters. The fraction of sp³-hybridized carbons (Fsp3) is 0.286. The highest BCUT2D eigenvalue weighted by atomic mass is 16.2. The fourth-order valence-corrected chi connectivity index (χ4v) is 3.21. The second kappa shape index (κ2) is 6.62. The molecule has 2 aromatic rings. The summed E-state index contributed by atoms with van der Waals surface area (Å²) in [5.74, 6) is 2.66. The third-order valence-electron chi connectivity index (χ3n) is 4.71. The van der Waals surface area contributed by atoms with Crippen LogP contribution in [-0.4, -0.2) is 17.5 Å². The summed E-state index contributed by atoms with van der Waals surface area (Å²) >= 11 is 0. The molecular formula is C21H23N3O. The van der Waals surface area contributed by atoms with Crippen LogP contribution in [-0.2, 0) is 18.5 Å². The van der Waals surface area contributed by atoms with E-state index < -0.39 is 5.54 Å². The van der Waals surface area contributed by atoms with Crippen LogP contribution in [0.25, 0.3) is 0 Å². The monoisotopic (exact) mass is 333 g/mol. The van der Waals surface area contributed by atoms with Crippen molar-refractivity contribution >= 4 is 11.7 Å². The van der Waals surface area contributed by atoms with E-state index in [9.17, 15) is 4.79 Å². The lowest BCUT2D eigenvalue weighted by Gasteiger charge is -2.31. The molecule has 0 radical (unpaired) electrons. The number of benzene rings is 2. The molecule has 0 saturated carbocycles. The number of nitrogens with zero attached hydrogens (tertiary/aromatic N) is 1. The van der Waals surface area contributed by atoms with Gasteiger partial charge in [-0.25, -0.2) is 4.79 Å². The van der Waals surface area contributed by atoms with Crippen LogP contribution >= 0.6 is 0 Å². The van der Waals surface area contributed by atoms with Gasteiger partial charge in [0.2, 0.25) is 0 Å². The van der Waals surface area contributed by atoms with Gasteiger partial charge in [0.25, 0.3) is 0 Å². The van der Waals surface area contributed by atoms with E-state index in [-0.39, 0.29) is 6.03 Å². The van der Waals surface area contributed by atoms with Crippen molar-refractivity contribution in [2.24, 2.45) is 5.73 Å². The standard InChI is InChI=1S/C21H23N3O/c1-4-15-7-6-8-16(11-15)13-21(3,22)18-10-9-17-14-24(5-2)20(25)23-19(17)12-18/h1,6-12H,5,13-14,22H2,2-3H3,(H,23,25). The molecule has 128 valence electrons. The van der Waals surface area contributed by atoms with Gasteiger partial charge in [-0.1, -0.05) is 30.2 Å². The Morgan fingerprint density at radius 3 is 2.84 bits per heavy atom. The normalized spacial score (nSPS) is 15.8. The first kappa shape index (κ1) is 17.1. The van der Waals surface area contributed by atoms with Crippen LogP contribution in [0.4, 0.5) is 10.5 Å². The van der Waals surface area contributed by atoms with Crippen molar-refractivity contribution in [3.63, 3.8) is 0 Å². The first-order valence-corrected chi connectivity index (χ1v) is 8.46. The molecule has 0 bridgehead atoms. The number of nitrogens with two attached hydrogens (primary N) is 1. The molecular weight excluding hydrogens is 310 g/mol. The van der Waals surface area contributed by atoms with E-state index >= 15 is 0 Å². The number of urea groups is 1. The van der Waals surface area contributed by atoms with E-state index in [0.29, 0.717) is 19.5 Å². The molecule has 1 heterocycles. The molecule has 1 atom stereocenters. The Kier molecular flexibility index (Phi) is 4.52. The van der Waals surface area contributed by atoms with Gasteiger partial charge in [0.1, 0.15) is 0 Å². The van der Waals surface area contributed by atoms with E-state index in [0.717, 1.165) is 27.9 Å². The summed E-state index contributed by atoms with van der Waals surface area (Å²) in [5, 5.41) is 2.96. The average molecular weight is 333 g/mol. The van der Waals surface area contributed by atoms with Crippen LogP contribution in [0.5, 0.6) is 0 Å². The van der Waals surface area contributed by atoms with Crippen molar-refractivity contribution in [1.29, 1.82) is 0 Å². The van der Waals surface area contributed by atoms with Crippen LogP contribution in [0.1, 0.15) is 36.1 Å². The smallest absolute Gasteiger partial charge is 0.321 e. The van der Waals surface area contributed by atoms with Crippen LogP contribution in [0.2, 0.25) is 0 Å². The van der Waals surface area contributed by atoms with E-state index in [2.05, 4.69) is 23.4 Å². The fourth-order valence-electron chi connectivity index (χ4n) is 3.21. The maximum atomic E-state index is 12.1. The lowest BCUT2D eigenvalue weighted by atomic mass is 9.85. The first-order chi connectivity index (χ1) is 11.9. The summed E-state index contributed by atoms with van der Waals surface area (Å²) in [6.07, 6.45) is 6.14. The Labute approximate surface area is 149 Å². The molecule has 0 aliphatic carbocycles. The number of hydrogen-bond donors (Lipinski definition) is 2.